The summed E-state index contributed by atoms with van der Waals surface area (Å²) in [6.45, 7) is 1.87. The van der Waals surface area contributed by atoms with Crippen molar-refractivity contribution in [1.29, 1.82) is 0 Å². The zero-order chi connectivity index (χ0) is 10.4. The molecule has 0 aliphatic heterocycles. The number of rotatable bonds is 4. The van der Waals surface area contributed by atoms with E-state index in [-0.39, 0.29) is 6.61 Å². The van der Waals surface area contributed by atoms with Gasteiger partial charge in [-0.3, -0.25) is 4.89 Å². The molecular weight excluding hydrogens is 204 g/mol. The average Bonchev–Trinajstić information content (AvgIpc) is 2.20. The number of hydrogen-bond acceptors (Lipinski definition) is 3. The summed E-state index contributed by atoms with van der Waals surface area (Å²) in [6.07, 6.45) is 0.294. The Labute approximate surface area is 87.5 Å². The van der Waals surface area contributed by atoms with Crippen LogP contribution in [0.4, 0.5) is 0 Å². The van der Waals surface area contributed by atoms with Crippen molar-refractivity contribution < 1.29 is 14.6 Å². The molecule has 76 valence electrons. The molecule has 0 aliphatic carbocycles. The van der Waals surface area contributed by atoms with Crippen molar-refractivity contribution in [2.24, 2.45) is 0 Å². The van der Waals surface area contributed by atoms with E-state index in [4.69, 9.17) is 16.5 Å². The van der Waals surface area contributed by atoms with Crippen LogP contribution in [0.5, 0.6) is 0 Å². The lowest BCUT2D eigenvalue weighted by molar-refractivity contribution is -0.279. The van der Waals surface area contributed by atoms with Crippen LogP contribution in [-0.2, 0) is 21.2 Å². The van der Waals surface area contributed by atoms with Crippen molar-refractivity contribution in [2.45, 2.75) is 20.0 Å². The van der Waals surface area contributed by atoms with Gasteiger partial charge in [-0.1, -0.05) is 36.7 Å². The molecule has 0 atom stereocenters. The van der Waals surface area contributed by atoms with Crippen LogP contribution in [0.25, 0.3) is 0 Å². The van der Waals surface area contributed by atoms with Crippen molar-refractivity contribution in [3.8, 4) is 0 Å². The van der Waals surface area contributed by atoms with Crippen molar-refractivity contribution in [1.82, 2.24) is 0 Å². The summed E-state index contributed by atoms with van der Waals surface area (Å²) in [7, 11) is 0. The highest BCUT2D eigenvalue weighted by Gasteiger charge is 2.02. The van der Waals surface area contributed by atoms with Gasteiger partial charge in [0.1, 0.15) is 6.61 Å². The van der Waals surface area contributed by atoms with E-state index >= 15 is 0 Å². The minimum Gasteiger partial charge on any atom is -0.298 e. The maximum absolute atomic E-state index is 10.7. The van der Waals surface area contributed by atoms with Gasteiger partial charge in [0.25, 0.3) is 0 Å². The highest BCUT2D eigenvalue weighted by atomic mass is 35.5. The summed E-state index contributed by atoms with van der Waals surface area (Å²) < 4.78 is 0. The first-order valence-electron chi connectivity index (χ1n) is 4.29. The highest BCUT2D eigenvalue weighted by Crippen LogP contribution is 2.15. The van der Waals surface area contributed by atoms with Crippen LogP contribution < -0.4 is 0 Å². The van der Waals surface area contributed by atoms with E-state index in [9.17, 15) is 4.79 Å². The van der Waals surface area contributed by atoms with E-state index in [1.54, 1.807) is 13.0 Å². The third-order valence-corrected chi connectivity index (χ3v) is 1.98. The number of carbonyl (C=O) groups is 1. The maximum Gasteiger partial charge on any atom is 0.342 e. The summed E-state index contributed by atoms with van der Waals surface area (Å²) in [5, 5.41) is 0.597. The van der Waals surface area contributed by atoms with E-state index < -0.39 is 5.97 Å². The molecule has 0 saturated carbocycles. The predicted octanol–water partition coefficient (Wildman–Crippen LogP) is 2.72. The van der Waals surface area contributed by atoms with Crippen LogP contribution in [0.1, 0.15) is 18.9 Å². The molecule has 0 spiro atoms. The van der Waals surface area contributed by atoms with Crippen LogP contribution in [0, 0.1) is 0 Å². The van der Waals surface area contributed by atoms with E-state index in [0.29, 0.717) is 11.4 Å². The van der Waals surface area contributed by atoms with Gasteiger partial charge in [-0.2, -0.15) is 4.89 Å². The SMILES string of the molecule is CCC(=O)OOCc1ccccc1Cl. The normalized spacial score (nSPS) is 9.86. The van der Waals surface area contributed by atoms with Gasteiger partial charge in [-0.15, -0.1) is 0 Å². The Morgan fingerprint density at radius 3 is 2.79 bits per heavy atom. The topological polar surface area (TPSA) is 35.5 Å². The second kappa shape index (κ2) is 5.62. The average molecular weight is 215 g/mol. The smallest absolute Gasteiger partial charge is 0.298 e. The van der Waals surface area contributed by atoms with Crippen molar-refractivity contribution in [2.75, 3.05) is 0 Å². The molecule has 0 amide bonds. The Bertz CT molecular complexity index is 312. The molecule has 0 saturated heterocycles. The van der Waals surface area contributed by atoms with Gasteiger partial charge < -0.3 is 0 Å². The molecule has 1 aromatic rings. The largest absolute Gasteiger partial charge is 0.342 e. The summed E-state index contributed by atoms with van der Waals surface area (Å²) in [5.41, 5.74) is 0.790. The molecule has 0 aromatic heterocycles. The molecule has 0 fully saturated rings. The minimum atomic E-state index is -0.392. The Kier molecular flexibility index (Phi) is 4.43. The fourth-order valence-electron chi connectivity index (χ4n) is 0.833. The molecule has 0 heterocycles. The molecule has 0 N–H and O–H groups in total. The molecule has 0 radical (unpaired) electrons. The number of carbonyl (C=O) groups excluding carboxylic acids is 1. The van der Waals surface area contributed by atoms with Gasteiger partial charge >= 0.3 is 5.97 Å². The fourth-order valence-corrected chi connectivity index (χ4v) is 1.02. The Hall–Kier alpha value is -1.06. The third kappa shape index (κ3) is 3.36. The van der Waals surface area contributed by atoms with Crippen LogP contribution in [-0.4, -0.2) is 5.97 Å². The van der Waals surface area contributed by atoms with Crippen LogP contribution in [0.2, 0.25) is 5.02 Å². The molecule has 4 heteroatoms. The van der Waals surface area contributed by atoms with Gasteiger partial charge in [0.05, 0.1) is 0 Å². The molecular formula is C10H11ClO3. The van der Waals surface area contributed by atoms with Gasteiger partial charge in [-0.05, 0) is 6.07 Å². The number of halogens is 1. The van der Waals surface area contributed by atoms with E-state index in [2.05, 4.69) is 4.89 Å². The van der Waals surface area contributed by atoms with Crippen molar-refractivity contribution in [3.63, 3.8) is 0 Å². The lowest BCUT2D eigenvalue weighted by atomic mass is 10.2. The number of benzene rings is 1. The first-order valence-corrected chi connectivity index (χ1v) is 4.67. The van der Waals surface area contributed by atoms with Crippen molar-refractivity contribution in [3.05, 3.63) is 34.9 Å². The van der Waals surface area contributed by atoms with Crippen molar-refractivity contribution >= 4 is 17.6 Å². The zero-order valence-electron chi connectivity index (χ0n) is 7.83. The summed E-state index contributed by atoms with van der Waals surface area (Å²) in [4.78, 5) is 19.9. The van der Waals surface area contributed by atoms with Gasteiger partial charge in [0.2, 0.25) is 0 Å². The van der Waals surface area contributed by atoms with E-state index in [1.165, 1.54) is 0 Å². The van der Waals surface area contributed by atoms with E-state index in [0.717, 1.165) is 5.56 Å². The summed E-state index contributed by atoms with van der Waals surface area (Å²) in [6, 6.07) is 7.22. The zero-order valence-corrected chi connectivity index (χ0v) is 8.58. The van der Waals surface area contributed by atoms with Gasteiger partial charge in [-0.25, -0.2) is 4.79 Å². The first-order chi connectivity index (χ1) is 6.74. The molecule has 0 aliphatic rings. The second-order valence-corrected chi connectivity index (χ2v) is 3.07. The van der Waals surface area contributed by atoms with Crippen LogP contribution >= 0.6 is 11.6 Å². The highest BCUT2D eigenvalue weighted by molar-refractivity contribution is 6.31. The Morgan fingerprint density at radius 1 is 1.43 bits per heavy atom. The lowest BCUT2D eigenvalue weighted by Crippen LogP contribution is -2.03. The lowest BCUT2D eigenvalue weighted by Gasteiger charge is -2.03. The fraction of sp³-hybridized carbons (Fsp3) is 0.300. The van der Waals surface area contributed by atoms with E-state index in [1.807, 2.05) is 18.2 Å². The Morgan fingerprint density at radius 2 is 2.14 bits per heavy atom. The maximum atomic E-state index is 10.7. The first kappa shape index (κ1) is 11.0. The van der Waals surface area contributed by atoms with Gasteiger partial charge in [0, 0.05) is 17.0 Å². The second-order valence-electron chi connectivity index (χ2n) is 2.66. The quantitative estimate of drug-likeness (QED) is 0.571. The standard InChI is InChI=1S/C10H11ClO3/c1-2-10(12)14-13-7-8-5-3-4-6-9(8)11/h3-6H,2,7H2,1H3. The van der Waals surface area contributed by atoms with Crippen LogP contribution in [0.15, 0.2) is 24.3 Å². The monoisotopic (exact) mass is 214 g/mol. The summed E-state index contributed by atoms with van der Waals surface area (Å²) >= 11 is 5.85. The number of hydrogen-bond donors (Lipinski definition) is 0. The minimum absolute atomic E-state index is 0.172. The predicted molar refractivity (Wildman–Crippen MR) is 52.6 cm³/mol. The molecule has 14 heavy (non-hydrogen) atoms. The molecule has 1 aromatic carbocycles. The molecule has 0 bridgehead atoms. The molecule has 1 rings (SSSR count). The van der Waals surface area contributed by atoms with Crippen LogP contribution in [0.3, 0.4) is 0 Å². The molecule has 0 unspecified atom stereocenters. The van der Waals surface area contributed by atoms with Gasteiger partial charge in [0.15, 0.2) is 0 Å². The summed E-state index contributed by atoms with van der Waals surface area (Å²) in [5.74, 6) is -0.392. The third-order valence-electron chi connectivity index (χ3n) is 1.61. The Balaban J connectivity index is 2.39. The molecule has 3 nitrogen and oxygen atoms in total.